The number of alkyl halides is 2. The van der Waals surface area contributed by atoms with Crippen LogP contribution in [0.4, 0.5) is 8.78 Å². The van der Waals surface area contributed by atoms with Crippen LogP contribution in [0.25, 0.3) is 22.8 Å². The summed E-state index contributed by atoms with van der Waals surface area (Å²) in [6, 6.07) is 12.1. The first-order valence-corrected chi connectivity index (χ1v) is 9.80. The zero-order valence-electron chi connectivity index (χ0n) is 17.2. The van der Waals surface area contributed by atoms with Gasteiger partial charge >= 0.3 is 12.4 Å². The van der Waals surface area contributed by atoms with Gasteiger partial charge in [-0.2, -0.15) is 8.78 Å². The lowest BCUT2D eigenvalue weighted by atomic mass is 10.0. The Morgan fingerprint density at radius 3 is 2.42 bits per heavy atom. The van der Waals surface area contributed by atoms with Crippen molar-refractivity contribution in [1.82, 2.24) is 24.7 Å². The lowest BCUT2D eigenvalue weighted by molar-refractivity contribution is -0.138. The van der Waals surface area contributed by atoms with E-state index in [0.29, 0.717) is 22.6 Å². The van der Waals surface area contributed by atoms with Crippen LogP contribution in [0.2, 0.25) is 0 Å². The van der Waals surface area contributed by atoms with Gasteiger partial charge in [-0.25, -0.2) is 4.98 Å². The van der Waals surface area contributed by atoms with Crippen LogP contribution in [-0.4, -0.2) is 35.8 Å². The molecule has 0 radical (unpaired) electrons. The highest BCUT2D eigenvalue weighted by molar-refractivity contribution is 5.75. The molecule has 3 aromatic heterocycles. The van der Waals surface area contributed by atoms with Crippen LogP contribution in [0, 0.1) is 0 Å². The number of halogens is 2. The minimum absolute atomic E-state index is 0.00262. The van der Waals surface area contributed by atoms with Gasteiger partial charge in [0, 0.05) is 23.5 Å². The Morgan fingerprint density at radius 2 is 1.82 bits per heavy atom. The van der Waals surface area contributed by atoms with E-state index < -0.39 is 29.8 Å². The van der Waals surface area contributed by atoms with E-state index >= 15 is 0 Å². The van der Waals surface area contributed by atoms with Crippen LogP contribution in [0.1, 0.15) is 36.4 Å². The Hall–Kier alpha value is -4.28. The van der Waals surface area contributed by atoms with E-state index in [-0.39, 0.29) is 18.0 Å². The van der Waals surface area contributed by atoms with Crippen molar-refractivity contribution in [2.75, 3.05) is 0 Å². The molecule has 4 rings (SSSR count). The lowest BCUT2D eigenvalue weighted by Crippen LogP contribution is -2.30. The number of nitrogens with zero attached hydrogens (tertiary/aromatic N) is 5. The average Bonchev–Trinajstić information content (AvgIpc) is 3.32. The Balaban J connectivity index is 1.72. The summed E-state index contributed by atoms with van der Waals surface area (Å²) in [5.41, 5.74) is 1.01. The quantitative estimate of drug-likeness (QED) is 0.451. The molecule has 1 N–H and O–H groups in total. The zero-order chi connectivity index (χ0) is 23.5. The molecule has 1 unspecified atom stereocenters. The fourth-order valence-corrected chi connectivity index (χ4v) is 3.15. The van der Waals surface area contributed by atoms with Crippen LogP contribution in [0.5, 0.6) is 0 Å². The molecule has 0 bridgehead atoms. The van der Waals surface area contributed by atoms with E-state index in [1.54, 1.807) is 36.4 Å². The summed E-state index contributed by atoms with van der Waals surface area (Å²) < 4.78 is 31.6. The fraction of sp³-hybridized carbons (Fsp3) is 0.182. The van der Waals surface area contributed by atoms with Crippen molar-refractivity contribution < 1.29 is 23.1 Å². The van der Waals surface area contributed by atoms with Crippen molar-refractivity contribution in [3.63, 3.8) is 0 Å². The fourth-order valence-electron chi connectivity index (χ4n) is 3.15. The van der Waals surface area contributed by atoms with Crippen molar-refractivity contribution in [3.8, 4) is 22.8 Å². The molecule has 0 amide bonds. The van der Waals surface area contributed by atoms with Crippen LogP contribution in [0.15, 0.2) is 64.1 Å². The van der Waals surface area contributed by atoms with Gasteiger partial charge in [-0.3, -0.25) is 19.1 Å². The molecule has 0 fully saturated rings. The topological polar surface area (TPSA) is 124 Å². The maximum atomic E-state index is 13.2. The van der Waals surface area contributed by atoms with Gasteiger partial charge < -0.3 is 9.52 Å². The van der Waals surface area contributed by atoms with Crippen molar-refractivity contribution in [1.29, 1.82) is 0 Å². The van der Waals surface area contributed by atoms with Gasteiger partial charge in [0.1, 0.15) is 5.82 Å². The van der Waals surface area contributed by atoms with Gasteiger partial charge in [-0.1, -0.05) is 30.3 Å². The number of aromatic nitrogens is 5. The molecule has 9 nitrogen and oxygen atoms in total. The third-order valence-corrected chi connectivity index (χ3v) is 4.96. The molecule has 0 aliphatic rings. The number of hydrogen-bond donors (Lipinski definition) is 1. The number of carbonyl (C=O) groups is 1. The molecule has 3 heterocycles. The summed E-state index contributed by atoms with van der Waals surface area (Å²) in [7, 11) is 0. The number of carboxylic acid groups (broad SMARTS) is 1. The summed E-state index contributed by atoms with van der Waals surface area (Å²) in [5, 5.41) is 16.2. The third-order valence-electron chi connectivity index (χ3n) is 4.96. The molecule has 0 saturated heterocycles. The van der Waals surface area contributed by atoms with Crippen molar-refractivity contribution in [3.05, 3.63) is 82.4 Å². The Labute approximate surface area is 185 Å². The van der Waals surface area contributed by atoms with Gasteiger partial charge in [-0.05, 0) is 19.1 Å². The summed E-state index contributed by atoms with van der Waals surface area (Å²) in [6.07, 6.45) is -0.232. The first-order valence-electron chi connectivity index (χ1n) is 9.80. The number of pyridine rings is 1. The average molecular weight is 453 g/mol. The molecule has 1 aromatic carbocycles. The second-order valence-electron chi connectivity index (χ2n) is 7.14. The summed E-state index contributed by atoms with van der Waals surface area (Å²) in [5.74, 6) is -2.73. The molecule has 0 saturated carbocycles. The molecular weight excluding hydrogens is 436 g/mol. The predicted octanol–water partition coefficient (Wildman–Crippen LogP) is 3.53. The van der Waals surface area contributed by atoms with Crippen molar-refractivity contribution in [2.45, 2.75) is 25.8 Å². The van der Waals surface area contributed by atoms with Crippen molar-refractivity contribution in [2.24, 2.45) is 0 Å². The van der Waals surface area contributed by atoms with Crippen molar-refractivity contribution >= 4 is 5.97 Å². The molecule has 0 aliphatic heterocycles. The van der Waals surface area contributed by atoms with E-state index in [0.717, 1.165) is 0 Å². The molecule has 1 atom stereocenters. The third kappa shape index (κ3) is 4.52. The molecule has 0 aliphatic carbocycles. The van der Waals surface area contributed by atoms with E-state index in [1.165, 1.54) is 23.9 Å². The highest BCUT2D eigenvalue weighted by Gasteiger charge is 2.22. The second kappa shape index (κ2) is 9.07. The van der Waals surface area contributed by atoms with Gasteiger partial charge in [0.2, 0.25) is 5.89 Å². The van der Waals surface area contributed by atoms with E-state index in [9.17, 15) is 23.5 Å². The smallest absolute Gasteiger partial charge is 0.314 e. The minimum Gasteiger partial charge on any atom is -0.481 e. The van der Waals surface area contributed by atoms with E-state index in [2.05, 4.69) is 20.2 Å². The predicted molar refractivity (Wildman–Crippen MR) is 112 cm³/mol. The van der Waals surface area contributed by atoms with Crippen LogP contribution < -0.4 is 5.56 Å². The van der Waals surface area contributed by atoms with Gasteiger partial charge in [-0.15, -0.1) is 10.2 Å². The molecule has 168 valence electrons. The number of hydrogen-bond acceptors (Lipinski definition) is 7. The molecule has 0 spiro atoms. The summed E-state index contributed by atoms with van der Waals surface area (Å²) in [4.78, 5) is 33.3. The van der Waals surface area contributed by atoms with E-state index in [4.69, 9.17) is 4.42 Å². The number of aliphatic carboxylic acids is 1. The van der Waals surface area contributed by atoms with Crippen LogP contribution in [-0.2, 0) is 11.3 Å². The standard InChI is InChI=1S/C22H17F2N5O4/c1-12(22(31)32)16-10-26-18(13-5-3-2-4-6-13)29(21(16)30)11-15-8-7-14(9-25-15)19-27-28-20(33-19)17(23)24/h2-10,12,17H,11H2,1H3,(H,31,32). The number of rotatable bonds is 7. The van der Waals surface area contributed by atoms with Gasteiger partial charge in [0.25, 0.3) is 11.4 Å². The maximum absolute atomic E-state index is 13.2. The van der Waals surface area contributed by atoms with Crippen LogP contribution >= 0.6 is 0 Å². The molecule has 11 heteroatoms. The van der Waals surface area contributed by atoms with E-state index in [1.807, 2.05) is 6.07 Å². The van der Waals surface area contributed by atoms with Gasteiger partial charge in [0.05, 0.1) is 23.7 Å². The molecule has 4 aromatic rings. The Bertz CT molecular complexity index is 1340. The lowest BCUT2D eigenvalue weighted by Gasteiger charge is -2.15. The molecular formula is C22H17F2N5O4. The highest BCUT2D eigenvalue weighted by atomic mass is 19.3. The normalized spacial score (nSPS) is 12.1. The first kappa shape index (κ1) is 21.9. The monoisotopic (exact) mass is 453 g/mol. The maximum Gasteiger partial charge on any atom is 0.314 e. The van der Waals surface area contributed by atoms with Crippen LogP contribution in [0.3, 0.4) is 0 Å². The first-order chi connectivity index (χ1) is 15.8. The number of carboxylic acids is 1. The largest absolute Gasteiger partial charge is 0.481 e. The summed E-state index contributed by atoms with van der Waals surface area (Å²) >= 11 is 0. The highest BCUT2D eigenvalue weighted by Crippen LogP contribution is 2.23. The van der Waals surface area contributed by atoms with Gasteiger partial charge in [0.15, 0.2) is 0 Å². The number of benzene rings is 1. The zero-order valence-corrected chi connectivity index (χ0v) is 17.2. The molecule has 33 heavy (non-hydrogen) atoms. The Morgan fingerprint density at radius 1 is 1.06 bits per heavy atom. The SMILES string of the molecule is CC(C(=O)O)c1cnc(-c2ccccc2)n(Cc2ccc(-c3nnc(C(F)F)o3)cn2)c1=O. The summed E-state index contributed by atoms with van der Waals surface area (Å²) in [6.45, 7) is 1.42. The Kier molecular flexibility index (Phi) is 6.03. The minimum atomic E-state index is -2.88. The second-order valence-corrected chi connectivity index (χ2v) is 7.14.